The molecule has 0 saturated carbocycles. The second kappa shape index (κ2) is 8.88. The van der Waals surface area contributed by atoms with Gasteiger partial charge in [0.05, 0.1) is 16.7 Å². The Bertz CT molecular complexity index is 1910. The van der Waals surface area contributed by atoms with Crippen LogP contribution in [0.1, 0.15) is 5.56 Å². The third kappa shape index (κ3) is 3.65. The normalized spacial score (nSPS) is 11.2. The first-order chi connectivity index (χ1) is 17.2. The Balaban J connectivity index is 0.00000240. The van der Waals surface area contributed by atoms with Crippen LogP contribution in [0.5, 0.6) is 11.5 Å². The van der Waals surface area contributed by atoms with Gasteiger partial charge in [-0.1, -0.05) is 70.9 Å². The van der Waals surface area contributed by atoms with Gasteiger partial charge < -0.3 is 14.1 Å². The number of ether oxygens (including phenoxy) is 1. The monoisotopic (exact) mass is 555 g/mol. The minimum Gasteiger partial charge on any atom is -0.497 e. The van der Waals surface area contributed by atoms with Crippen LogP contribution in [0, 0.1) is 19.1 Å². The first kappa shape index (κ1) is 22.4. The summed E-state index contributed by atoms with van der Waals surface area (Å²) in [6, 6.07) is 37.4. The van der Waals surface area contributed by atoms with E-state index in [2.05, 4.69) is 64.8 Å². The van der Waals surface area contributed by atoms with Crippen molar-refractivity contribution in [3.8, 4) is 22.8 Å². The van der Waals surface area contributed by atoms with Crippen LogP contribution in [-0.2, 0) is 20.4 Å². The summed E-state index contributed by atoms with van der Waals surface area (Å²) in [5.41, 5.74) is 6.93. The second-order valence-corrected chi connectivity index (χ2v) is 8.64. The van der Waals surface area contributed by atoms with Crippen LogP contribution in [0.4, 0.5) is 0 Å². The summed E-state index contributed by atoms with van der Waals surface area (Å²) in [5.74, 6) is 1.24. The molecule has 0 spiro atoms. The number of aryl methyl sites for hydroxylation is 1. The van der Waals surface area contributed by atoms with Gasteiger partial charge in [-0.2, -0.15) is 0 Å². The predicted molar refractivity (Wildman–Crippen MR) is 140 cm³/mol. The zero-order valence-electron chi connectivity index (χ0n) is 19.3. The molecule has 4 aromatic carbocycles. The van der Waals surface area contributed by atoms with Gasteiger partial charge in [0.25, 0.3) is 0 Å². The van der Waals surface area contributed by atoms with Gasteiger partial charge in [-0.05, 0) is 42.3 Å². The largest absolute Gasteiger partial charge is 2.00 e. The molecule has 3 aromatic heterocycles. The molecule has 0 atom stereocenters. The molecule has 0 radical (unpaired) electrons. The molecule has 0 saturated heterocycles. The topological polar surface area (TPSA) is 39.4 Å². The van der Waals surface area contributed by atoms with E-state index in [1.54, 1.807) is 0 Å². The van der Waals surface area contributed by atoms with Crippen molar-refractivity contribution < 1.29 is 25.2 Å². The summed E-state index contributed by atoms with van der Waals surface area (Å²) in [7, 11) is 0. The minimum atomic E-state index is 0. The number of hydrogen-bond donors (Lipinski definition) is 0. The zero-order chi connectivity index (χ0) is 23.4. The maximum Gasteiger partial charge on any atom is 2.00 e. The summed E-state index contributed by atoms with van der Waals surface area (Å²) in [5, 5.41) is 3.17. The fraction of sp³-hybridized carbons (Fsp3) is 0.0323. The van der Waals surface area contributed by atoms with Gasteiger partial charge >= 0.3 is 20.4 Å². The summed E-state index contributed by atoms with van der Waals surface area (Å²) in [6.07, 6.45) is 1.81. The Kier molecular flexibility index (Phi) is 5.53. The summed E-state index contributed by atoms with van der Waals surface area (Å²) in [6.45, 7) is 2.05. The standard InChI is InChI=1S/C31H19N3O.Pd/c1-20-15-16-32-28(17-20)21-7-6-8-22(18-21)35-23-13-14-24-25-9-2-4-11-29(25)34-30-12-5-3-10-27(30)33-31(34)26(24)19-23;/h2-17H,1H3;/q-2;+2. The maximum atomic E-state index is 6.24. The SMILES string of the molecule is Cc1ccnc(-c2[c-]c(Oc3[c-]c4c(cc3)c3ccccc3n3c5ccccc5nc43)ccc2)c1.[Pd+2]. The maximum absolute atomic E-state index is 6.24. The molecule has 7 rings (SSSR count). The van der Waals surface area contributed by atoms with E-state index < -0.39 is 0 Å². The Hall–Kier alpha value is -4.04. The van der Waals surface area contributed by atoms with E-state index in [1.165, 1.54) is 0 Å². The number of imidazole rings is 1. The van der Waals surface area contributed by atoms with E-state index in [-0.39, 0.29) is 20.4 Å². The Morgan fingerprint density at radius 3 is 2.44 bits per heavy atom. The van der Waals surface area contributed by atoms with Crippen LogP contribution in [0.2, 0.25) is 0 Å². The Morgan fingerprint density at radius 1 is 0.750 bits per heavy atom. The molecule has 0 aliphatic heterocycles. The number of para-hydroxylation sites is 3. The van der Waals surface area contributed by atoms with Gasteiger partial charge in [-0.15, -0.1) is 29.8 Å². The fourth-order valence-electron chi connectivity index (χ4n) is 4.73. The Labute approximate surface area is 221 Å². The fourth-order valence-corrected chi connectivity index (χ4v) is 4.73. The van der Waals surface area contributed by atoms with Gasteiger partial charge in [-0.3, -0.25) is 4.98 Å². The van der Waals surface area contributed by atoms with E-state index in [0.29, 0.717) is 11.5 Å². The smallest absolute Gasteiger partial charge is 0.497 e. The molecule has 5 heteroatoms. The summed E-state index contributed by atoms with van der Waals surface area (Å²) >= 11 is 0. The van der Waals surface area contributed by atoms with Crippen molar-refractivity contribution in [2.75, 3.05) is 0 Å². The molecule has 0 unspecified atom stereocenters. The van der Waals surface area contributed by atoms with E-state index in [9.17, 15) is 0 Å². The van der Waals surface area contributed by atoms with E-state index >= 15 is 0 Å². The molecule has 3 heterocycles. The number of nitrogens with zero attached hydrogens (tertiary/aromatic N) is 3. The van der Waals surface area contributed by atoms with Crippen LogP contribution in [0.15, 0.2) is 97.2 Å². The average Bonchev–Trinajstić information content (AvgIpc) is 3.29. The number of rotatable bonds is 3. The van der Waals surface area contributed by atoms with Gasteiger partial charge in [0.1, 0.15) is 0 Å². The average molecular weight is 556 g/mol. The van der Waals surface area contributed by atoms with Gasteiger partial charge in [0.2, 0.25) is 0 Å². The molecule has 36 heavy (non-hydrogen) atoms. The molecule has 0 aliphatic carbocycles. The summed E-state index contributed by atoms with van der Waals surface area (Å²) < 4.78 is 8.45. The van der Waals surface area contributed by atoms with Gasteiger partial charge in [0, 0.05) is 23.2 Å². The predicted octanol–water partition coefficient (Wildman–Crippen LogP) is 7.55. The van der Waals surface area contributed by atoms with E-state index in [1.807, 2.05) is 60.8 Å². The van der Waals surface area contributed by atoms with Crippen molar-refractivity contribution in [3.05, 3.63) is 115 Å². The molecule has 0 N–H and O–H groups in total. The van der Waals surface area contributed by atoms with Crippen molar-refractivity contribution in [2.45, 2.75) is 6.92 Å². The van der Waals surface area contributed by atoms with Crippen molar-refractivity contribution in [2.24, 2.45) is 0 Å². The van der Waals surface area contributed by atoms with Crippen LogP contribution in [0.25, 0.3) is 49.6 Å². The second-order valence-electron chi connectivity index (χ2n) is 8.64. The third-order valence-electron chi connectivity index (χ3n) is 6.32. The first-order valence-corrected chi connectivity index (χ1v) is 11.5. The quantitative estimate of drug-likeness (QED) is 0.128. The van der Waals surface area contributed by atoms with Crippen molar-refractivity contribution in [1.82, 2.24) is 14.4 Å². The molecular formula is C31H19N3OPd. The van der Waals surface area contributed by atoms with Gasteiger partial charge in [-0.25, -0.2) is 0 Å². The molecule has 7 aromatic rings. The third-order valence-corrected chi connectivity index (χ3v) is 6.32. The number of aromatic nitrogens is 3. The Morgan fingerprint density at radius 2 is 1.56 bits per heavy atom. The van der Waals surface area contributed by atoms with Crippen molar-refractivity contribution >= 4 is 38.4 Å². The van der Waals surface area contributed by atoms with Crippen LogP contribution < -0.4 is 4.74 Å². The van der Waals surface area contributed by atoms with Crippen molar-refractivity contribution in [3.63, 3.8) is 0 Å². The molecule has 0 aliphatic rings. The van der Waals surface area contributed by atoms with Crippen molar-refractivity contribution in [1.29, 1.82) is 0 Å². The van der Waals surface area contributed by atoms with Crippen LogP contribution in [-0.4, -0.2) is 14.4 Å². The van der Waals surface area contributed by atoms with E-state index in [0.717, 1.165) is 55.2 Å². The number of pyridine rings is 2. The van der Waals surface area contributed by atoms with Gasteiger partial charge in [0.15, 0.2) is 0 Å². The van der Waals surface area contributed by atoms with Crippen LogP contribution >= 0.6 is 0 Å². The molecule has 174 valence electrons. The molecule has 0 amide bonds. The summed E-state index contributed by atoms with van der Waals surface area (Å²) in [4.78, 5) is 9.44. The number of benzene rings is 4. The number of fused-ring (bicyclic) bond motifs is 8. The zero-order valence-corrected chi connectivity index (χ0v) is 20.9. The number of hydrogen-bond acceptors (Lipinski definition) is 3. The first-order valence-electron chi connectivity index (χ1n) is 11.5. The van der Waals surface area contributed by atoms with Crippen LogP contribution in [0.3, 0.4) is 0 Å². The molecule has 0 fully saturated rings. The molecule has 4 nitrogen and oxygen atoms in total. The van der Waals surface area contributed by atoms with E-state index in [4.69, 9.17) is 9.72 Å². The minimum absolute atomic E-state index is 0. The molecule has 0 bridgehead atoms. The molecular weight excluding hydrogens is 537 g/mol.